The van der Waals surface area contributed by atoms with Crippen molar-refractivity contribution in [2.45, 2.75) is 19.9 Å². The van der Waals surface area contributed by atoms with E-state index in [0.717, 1.165) is 16.7 Å². The third-order valence-corrected chi connectivity index (χ3v) is 2.97. The van der Waals surface area contributed by atoms with E-state index in [0.29, 0.717) is 0 Å². The van der Waals surface area contributed by atoms with Crippen LogP contribution in [0.1, 0.15) is 23.7 Å². The average molecular weight is 212 g/mol. The number of guanidine groups is 1. The van der Waals surface area contributed by atoms with E-state index >= 15 is 0 Å². The number of rotatable bonds is 2. The third-order valence-electron chi connectivity index (χ3n) is 1.82. The zero-order valence-electron chi connectivity index (χ0n) is 8.96. The molecule has 0 spiro atoms. The predicted molar refractivity (Wildman–Crippen MR) is 60.8 cm³/mol. The highest BCUT2D eigenvalue weighted by atomic mass is 32.1. The molecule has 1 heterocycles. The molecule has 0 bridgehead atoms. The van der Waals surface area contributed by atoms with Gasteiger partial charge in [-0.1, -0.05) is 0 Å². The quantitative estimate of drug-likeness (QED) is 0.574. The third kappa shape index (κ3) is 2.70. The maximum Gasteiger partial charge on any atom is 0.191 e. The zero-order valence-corrected chi connectivity index (χ0v) is 9.77. The number of nitrogens with zero attached hydrogens (tertiary/aromatic N) is 2. The molecule has 14 heavy (non-hydrogen) atoms. The molecule has 0 aliphatic heterocycles. The van der Waals surface area contributed by atoms with Crippen LogP contribution in [0.15, 0.2) is 10.4 Å². The van der Waals surface area contributed by atoms with Gasteiger partial charge in [0, 0.05) is 25.2 Å². The second-order valence-corrected chi connectivity index (χ2v) is 3.91. The Bertz CT molecular complexity index is 318. The first-order valence-corrected chi connectivity index (χ1v) is 5.38. The molecule has 5 heteroatoms. The van der Waals surface area contributed by atoms with Crippen molar-refractivity contribution >= 4 is 17.3 Å². The minimum atomic E-state index is 0.194. The van der Waals surface area contributed by atoms with Gasteiger partial charge in [0.25, 0.3) is 0 Å². The van der Waals surface area contributed by atoms with Crippen LogP contribution in [0.25, 0.3) is 0 Å². The number of aryl methyl sites for hydroxylation is 1. The average Bonchev–Trinajstić information content (AvgIpc) is 2.61. The SMILES string of the molecule is CN=C(NC)NC(C)c1nc(C)cs1. The Morgan fingerprint density at radius 1 is 1.64 bits per heavy atom. The molecule has 0 aliphatic carbocycles. The number of thiazole rings is 1. The number of aliphatic imine (C=N–C) groups is 1. The van der Waals surface area contributed by atoms with E-state index in [1.165, 1.54) is 0 Å². The highest BCUT2D eigenvalue weighted by Gasteiger charge is 2.09. The Kier molecular flexibility index (Phi) is 3.88. The second kappa shape index (κ2) is 4.95. The van der Waals surface area contributed by atoms with Gasteiger partial charge in [-0.3, -0.25) is 4.99 Å². The van der Waals surface area contributed by atoms with E-state index in [2.05, 4.69) is 32.9 Å². The molecule has 2 N–H and O–H groups in total. The standard InChI is InChI=1S/C9H16N4S/c1-6-5-14-8(12-6)7(2)13-9(10-3)11-4/h5,7H,1-4H3,(H2,10,11,13). The van der Waals surface area contributed by atoms with Gasteiger partial charge in [-0.25, -0.2) is 4.98 Å². The summed E-state index contributed by atoms with van der Waals surface area (Å²) in [6, 6.07) is 0.194. The van der Waals surface area contributed by atoms with E-state index in [-0.39, 0.29) is 6.04 Å². The highest BCUT2D eigenvalue weighted by molar-refractivity contribution is 7.09. The minimum Gasteiger partial charge on any atom is -0.359 e. The van der Waals surface area contributed by atoms with Gasteiger partial charge in [-0.2, -0.15) is 0 Å². The largest absolute Gasteiger partial charge is 0.359 e. The first-order chi connectivity index (χ1) is 6.67. The molecule has 1 atom stereocenters. The van der Waals surface area contributed by atoms with Crippen LogP contribution in [-0.4, -0.2) is 25.0 Å². The van der Waals surface area contributed by atoms with Gasteiger partial charge in [0.05, 0.1) is 6.04 Å². The number of aromatic nitrogens is 1. The normalized spacial score (nSPS) is 13.9. The Morgan fingerprint density at radius 3 is 2.79 bits per heavy atom. The smallest absolute Gasteiger partial charge is 0.191 e. The van der Waals surface area contributed by atoms with Crippen molar-refractivity contribution in [1.29, 1.82) is 0 Å². The van der Waals surface area contributed by atoms with Crippen molar-refractivity contribution in [2.24, 2.45) is 4.99 Å². The molecule has 0 amide bonds. The molecule has 0 saturated heterocycles. The zero-order chi connectivity index (χ0) is 10.6. The maximum atomic E-state index is 4.41. The van der Waals surface area contributed by atoms with Crippen molar-refractivity contribution in [3.8, 4) is 0 Å². The van der Waals surface area contributed by atoms with Crippen molar-refractivity contribution < 1.29 is 0 Å². The first kappa shape index (κ1) is 11.0. The summed E-state index contributed by atoms with van der Waals surface area (Å²) in [6.07, 6.45) is 0. The van der Waals surface area contributed by atoms with Crippen LogP contribution in [-0.2, 0) is 0 Å². The van der Waals surface area contributed by atoms with E-state index in [1.54, 1.807) is 18.4 Å². The molecule has 0 radical (unpaired) electrons. The molecule has 78 valence electrons. The van der Waals surface area contributed by atoms with Crippen LogP contribution in [0, 0.1) is 6.92 Å². The fraction of sp³-hybridized carbons (Fsp3) is 0.556. The van der Waals surface area contributed by atoms with Crippen LogP contribution in [0.2, 0.25) is 0 Å². The summed E-state index contributed by atoms with van der Waals surface area (Å²) in [7, 11) is 3.59. The topological polar surface area (TPSA) is 49.3 Å². The second-order valence-electron chi connectivity index (χ2n) is 3.02. The first-order valence-electron chi connectivity index (χ1n) is 4.50. The molecule has 0 aliphatic rings. The molecule has 0 saturated carbocycles. The summed E-state index contributed by atoms with van der Waals surface area (Å²) in [5.74, 6) is 0.783. The lowest BCUT2D eigenvalue weighted by molar-refractivity contribution is 0.691. The lowest BCUT2D eigenvalue weighted by atomic mass is 10.3. The number of hydrogen-bond donors (Lipinski definition) is 2. The van der Waals surface area contributed by atoms with E-state index in [4.69, 9.17) is 0 Å². The number of hydrogen-bond acceptors (Lipinski definition) is 3. The summed E-state index contributed by atoms with van der Waals surface area (Å²) in [5, 5.41) is 9.34. The lowest BCUT2D eigenvalue weighted by Gasteiger charge is -2.13. The molecule has 4 nitrogen and oxygen atoms in total. The molecule has 1 aromatic rings. The fourth-order valence-corrected chi connectivity index (χ4v) is 1.89. The Balaban J connectivity index is 2.62. The summed E-state index contributed by atoms with van der Waals surface area (Å²) in [5.41, 5.74) is 1.07. The van der Waals surface area contributed by atoms with E-state index in [9.17, 15) is 0 Å². The van der Waals surface area contributed by atoms with Gasteiger partial charge in [0.15, 0.2) is 5.96 Å². The summed E-state index contributed by atoms with van der Waals surface area (Å²) >= 11 is 1.66. The van der Waals surface area contributed by atoms with Gasteiger partial charge in [0.1, 0.15) is 5.01 Å². The van der Waals surface area contributed by atoms with Gasteiger partial charge >= 0.3 is 0 Å². The Labute approximate surface area is 88.5 Å². The van der Waals surface area contributed by atoms with Crippen molar-refractivity contribution in [3.63, 3.8) is 0 Å². The Morgan fingerprint density at radius 2 is 2.36 bits per heavy atom. The summed E-state index contributed by atoms with van der Waals surface area (Å²) < 4.78 is 0. The van der Waals surface area contributed by atoms with E-state index in [1.807, 2.05) is 14.0 Å². The van der Waals surface area contributed by atoms with Gasteiger partial charge in [-0.15, -0.1) is 11.3 Å². The molecule has 0 fully saturated rings. The Hall–Kier alpha value is -1.10. The van der Waals surface area contributed by atoms with Crippen molar-refractivity contribution in [1.82, 2.24) is 15.6 Å². The van der Waals surface area contributed by atoms with Gasteiger partial charge in [0.2, 0.25) is 0 Å². The van der Waals surface area contributed by atoms with Crippen LogP contribution < -0.4 is 10.6 Å². The molecule has 1 unspecified atom stereocenters. The summed E-state index contributed by atoms with van der Waals surface area (Å²) in [4.78, 5) is 8.46. The predicted octanol–water partition coefficient (Wildman–Crippen LogP) is 1.31. The minimum absolute atomic E-state index is 0.194. The van der Waals surface area contributed by atoms with Crippen LogP contribution in [0.4, 0.5) is 0 Å². The van der Waals surface area contributed by atoms with Crippen molar-refractivity contribution in [3.05, 3.63) is 16.1 Å². The highest BCUT2D eigenvalue weighted by Crippen LogP contribution is 2.16. The van der Waals surface area contributed by atoms with Crippen LogP contribution in [0.5, 0.6) is 0 Å². The van der Waals surface area contributed by atoms with Crippen LogP contribution >= 0.6 is 11.3 Å². The van der Waals surface area contributed by atoms with Crippen LogP contribution in [0.3, 0.4) is 0 Å². The molecular formula is C9H16N4S. The lowest BCUT2D eigenvalue weighted by Crippen LogP contribution is -2.36. The molecule has 1 rings (SSSR count). The van der Waals surface area contributed by atoms with E-state index < -0.39 is 0 Å². The van der Waals surface area contributed by atoms with Gasteiger partial charge < -0.3 is 10.6 Å². The monoisotopic (exact) mass is 212 g/mol. The summed E-state index contributed by atoms with van der Waals surface area (Å²) in [6.45, 7) is 4.07. The molecular weight excluding hydrogens is 196 g/mol. The fourth-order valence-electron chi connectivity index (χ4n) is 1.09. The van der Waals surface area contributed by atoms with Gasteiger partial charge in [-0.05, 0) is 13.8 Å². The number of nitrogens with one attached hydrogen (secondary N) is 2. The molecule has 0 aromatic carbocycles. The maximum absolute atomic E-state index is 4.41. The molecule has 1 aromatic heterocycles. The van der Waals surface area contributed by atoms with Crippen molar-refractivity contribution in [2.75, 3.05) is 14.1 Å².